The zero-order valence-electron chi connectivity index (χ0n) is 12.3. The van der Waals surface area contributed by atoms with Crippen molar-refractivity contribution in [3.8, 4) is 0 Å². The number of amides is 2. The summed E-state index contributed by atoms with van der Waals surface area (Å²) in [5, 5.41) is 9.14. The van der Waals surface area contributed by atoms with E-state index in [9.17, 15) is 4.79 Å². The Kier molecular flexibility index (Phi) is 4.64. The molecule has 1 heterocycles. The van der Waals surface area contributed by atoms with Gasteiger partial charge in [-0.05, 0) is 37.0 Å². The smallest absolute Gasteiger partial charge is 0.321 e. The molecule has 0 spiro atoms. The van der Waals surface area contributed by atoms with Gasteiger partial charge in [-0.25, -0.2) is 9.78 Å². The van der Waals surface area contributed by atoms with E-state index in [1.54, 1.807) is 0 Å². The molecular formula is C16H18ClN3OS. The lowest BCUT2D eigenvalue weighted by atomic mass is 10.1. The number of carbonyl (C=O) groups excluding carboxylic acids is 1. The molecule has 2 N–H and O–H groups in total. The van der Waals surface area contributed by atoms with E-state index >= 15 is 0 Å². The van der Waals surface area contributed by atoms with Gasteiger partial charge in [-0.15, -0.1) is 11.3 Å². The molecule has 1 aliphatic carbocycles. The van der Waals surface area contributed by atoms with Crippen LogP contribution in [0.2, 0.25) is 5.02 Å². The standard InChI is InChI=1S/C16H18ClN3OS/c1-2-13(11-4-3-5-12(17)8-11)18-15(21)20-16-19-14(9-22-16)10-6-7-10/h3-5,8-10,13H,2,6-7H2,1H3,(H2,18,19,20,21). The highest BCUT2D eigenvalue weighted by Crippen LogP contribution is 2.40. The molecule has 1 aromatic carbocycles. The number of halogens is 1. The van der Waals surface area contributed by atoms with Gasteiger partial charge >= 0.3 is 6.03 Å². The number of thiazole rings is 1. The molecule has 4 nitrogen and oxygen atoms in total. The molecule has 116 valence electrons. The zero-order valence-corrected chi connectivity index (χ0v) is 13.9. The van der Waals surface area contributed by atoms with Crippen molar-refractivity contribution in [1.82, 2.24) is 10.3 Å². The molecule has 1 unspecified atom stereocenters. The number of hydrogen-bond donors (Lipinski definition) is 2. The van der Waals surface area contributed by atoms with Crippen LogP contribution in [0.3, 0.4) is 0 Å². The van der Waals surface area contributed by atoms with Crippen LogP contribution >= 0.6 is 22.9 Å². The van der Waals surface area contributed by atoms with Crippen LogP contribution < -0.4 is 10.6 Å². The molecule has 0 bridgehead atoms. The van der Waals surface area contributed by atoms with E-state index in [2.05, 4.69) is 15.6 Å². The van der Waals surface area contributed by atoms with Crippen molar-refractivity contribution in [2.45, 2.75) is 38.1 Å². The lowest BCUT2D eigenvalue weighted by Crippen LogP contribution is -2.32. The third-order valence-electron chi connectivity index (χ3n) is 3.70. The van der Waals surface area contributed by atoms with Gasteiger partial charge in [-0.1, -0.05) is 30.7 Å². The molecule has 2 aromatic rings. The van der Waals surface area contributed by atoms with Crippen molar-refractivity contribution in [2.75, 3.05) is 5.32 Å². The Labute approximate surface area is 138 Å². The molecule has 1 aliphatic rings. The first-order valence-corrected chi connectivity index (χ1v) is 8.70. The fraction of sp³-hybridized carbons (Fsp3) is 0.375. The van der Waals surface area contributed by atoms with Gasteiger partial charge in [0.15, 0.2) is 5.13 Å². The Balaban J connectivity index is 1.61. The second kappa shape index (κ2) is 6.67. The summed E-state index contributed by atoms with van der Waals surface area (Å²) >= 11 is 7.49. The quantitative estimate of drug-likeness (QED) is 0.812. The van der Waals surface area contributed by atoms with Crippen molar-refractivity contribution in [3.63, 3.8) is 0 Å². The average Bonchev–Trinajstić information content (AvgIpc) is 3.25. The minimum atomic E-state index is -0.233. The van der Waals surface area contributed by atoms with Gasteiger partial charge in [-0.2, -0.15) is 0 Å². The Morgan fingerprint density at radius 1 is 1.50 bits per heavy atom. The second-order valence-electron chi connectivity index (χ2n) is 5.47. The summed E-state index contributed by atoms with van der Waals surface area (Å²) < 4.78 is 0. The second-order valence-corrected chi connectivity index (χ2v) is 6.76. The van der Waals surface area contributed by atoms with Crippen LogP contribution in [0.4, 0.5) is 9.93 Å². The van der Waals surface area contributed by atoms with Crippen LogP contribution in [0, 0.1) is 0 Å². The number of hydrogen-bond acceptors (Lipinski definition) is 3. The Hall–Kier alpha value is -1.59. The van der Waals surface area contributed by atoms with E-state index in [0.29, 0.717) is 16.1 Å². The normalized spacial score (nSPS) is 15.4. The first-order valence-electron chi connectivity index (χ1n) is 7.44. The van der Waals surface area contributed by atoms with Crippen molar-refractivity contribution in [3.05, 3.63) is 45.9 Å². The first kappa shape index (κ1) is 15.3. The number of benzene rings is 1. The van der Waals surface area contributed by atoms with Crippen LogP contribution in [-0.4, -0.2) is 11.0 Å². The maximum atomic E-state index is 12.1. The zero-order chi connectivity index (χ0) is 15.5. The van der Waals surface area contributed by atoms with E-state index in [1.807, 2.05) is 36.6 Å². The monoisotopic (exact) mass is 335 g/mol. The van der Waals surface area contributed by atoms with Crippen molar-refractivity contribution < 1.29 is 4.79 Å². The first-order chi connectivity index (χ1) is 10.7. The number of carbonyl (C=O) groups is 1. The molecule has 3 rings (SSSR count). The molecule has 22 heavy (non-hydrogen) atoms. The van der Waals surface area contributed by atoms with Crippen LogP contribution in [0.25, 0.3) is 0 Å². The lowest BCUT2D eigenvalue weighted by Gasteiger charge is -2.17. The van der Waals surface area contributed by atoms with Crippen molar-refractivity contribution >= 4 is 34.1 Å². The maximum Gasteiger partial charge on any atom is 0.321 e. The van der Waals surface area contributed by atoms with Gasteiger partial charge in [0, 0.05) is 16.3 Å². The summed E-state index contributed by atoms with van der Waals surface area (Å²) in [4.78, 5) is 16.6. The number of nitrogens with zero attached hydrogens (tertiary/aromatic N) is 1. The number of urea groups is 1. The highest BCUT2D eigenvalue weighted by molar-refractivity contribution is 7.13. The topological polar surface area (TPSA) is 54.0 Å². The maximum absolute atomic E-state index is 12.1. The predicted molar refractivity (Wildman–Crippen MR) is 90.7 cm³/mol. The average molecular weight is 336 g/mol. The summed E-state index contributed by atoms with van der Waals surface area (Å²) in [5.41, 5.74) is 2.10. The number of rotatable bonds is 5. The van der Waals surface area contributed by atoms with Gasteiger partial charge in [0.2, 0.25) is 0 Å². The van der Waals surface area contributed by atoms with Gasteiger partial charge < -0.3 is 5.32 Å². The Bertz CT molecular complexity index is 669. The SMILES string of the molecule is CCC(NC(=O)Nc1nc(C2CC2)cs1)c1cccc(Cl)c1. The summed E-state index contributed by atoms with van der Waals surface area (Å²) in [6.45, 7) is 2.03. The molecule has 1 atom stereocenters. The van der Waals surface area contributed by atoms with E-state index < -0.39 is 0 Å². The van der Waals surface area contributed by atoms with Crippen LogP contribution in [0.5, 0.6) is 0 Å². The van der Waals surface area contributed by atoms with E-state index in [1.165, 1.54) is 24.2 Å². The Morgan fingerprint density at radius 2 is 2.32 bits per heavy atom. The van der Waals surface area contributed by atoms with Gasteiger partial charge in [-0.3, -0.25) is 5.32 Å². The number of nitrogens with one attached hydrogen (secondary N) is 2. The Morgan fingerprint density at radius 3 is 3.00 bits per heavy atom. The number of anilines is 1. The van der Waals surface area contributed by atoms with Crippen LogP contribution in [-0.2, 0) is 0 Å². The van der Waals surface area contributed by atoms with Crippen LogP contribution in [0.1, 0.15) is 49.4 Å². The summed E-state index contributed by atoms with van der Waals surface area (Å²) in [7, 11) is 0. The molecule has 1 aromatic heterocycles. The van der Waals surface area contributed by atoms with Crippen LogP contribution in [0.15, 0.2) is 29.6 Å². The molecule has 0 radical (unpaired) electrons. The highest BCUT2D eigenvalue weighted by atomic mass is 35.5. The summed E-state index contributed by atoms with van der Waals surface area (Å²) in [5.74, 6) is 0.602. The van der Waals surface area contributed by atoms with Crippen molar-refractivity contribution in [1.29, 1.82) is 0 Å². The van der Waals surface area contributed by atoms with E-state index in [4.69, 9.17) is 11.6 Å². The molecule has 2 amide bonds. The largest absolute Gasteiger partial charge is 0.331 e. The van der Waals surface area contributed by atoms with Crippen molar-refractivity contribution in [2.24, 2.45) is 0 Å². The summed E-state index contributed by atoms with van der Waals surface area (Å²) in [6.07, 6.45) is 3.21. The molecule has 1 fully saturated rings. The third kappa shape index (κ3) is 3.78. The lowest BCUT2D eigenvalue weighted by molar-refractivity contribution is 0.248. The molecular weight excluding hydrogens is 318 g/mol. The minimum absolute atomic E-state index is 0.0680. The van der Waals surface area contributed by atoms with E-state index in [0.717, 1.165) is 17.7 Å². The molecule has 0 saturated heterocycles. The van der Waals surface area contributed by atoms with Gasteiger partial charge in [0.1, 0.15) is 0 Å². The molecule has 0 aliphatic heterocycles. The third-order valence-corrected chi connectivity index (χ3v) is 4.71. The molecule has 6 heteroatoms. The van der Waals surface area contributed by atoms with Gasteiger partial charge in [0.25, 0.3) is 0 Å². The van der Waals surface area contributed by atoms with Gasteiger partial charge in [0.05, 0.1) is 11.7 Å². The predicted octanol–water partition coefficient (Wildman–Crippen LogP) is 4.95. The molecule has 1 saturated carbocycles. The summed E-state index contributed by atoms with van der Waals surface area (Å²) in [6, 6.07) is 7.26. The number of aromatic nitrogens is 1. The van der Waals surface area contributed by atoms with E-state index in [-0.39, 0.29) is 12.1 Å². The fourth-order valence-corrected chi connectivity index (χ4v) is 3.33. The minimum Gasteiger partial charge on any atom is -0.331 e. The highest BCUT2D eigenvalue weighted by Gasteiger charge is 2.26. The fourth-order valence-electron chi connectivity index (χ4n) is 2.35.